The van der Waals surface area contributed by atoms with E-state index in [1.54, 1.807) is 0 Å². The van der Waals surface area contributed by atoms with Gasteiger partial charge in [0.2, 0.25) is 0 Å². The molecule has 0 aromatic rings. The van der Waals surface area contributed by atoms with Gasteiger partial charge in [0.25, 0.3) is 0 Å². The van der Waals surface area contributed by atoms with Gasteiger partial charge in [0.1, 0.15) is 0 Å². The van der Waals surface area contributed by atoms with Gasteiger partial charge >= 0.3 is 81.6 Å². The predicted octanol–water partition coefficient (Wildman–Crippen LogP) is -3.64. The fraction of sp³-hybridized carbons (Fsp3) is 0. The van der Waals surface area contributed by atoms with Crippen LogP contribution in [0.15, 0.2) is 0 Å². The van der Waals surface area contributed by atoms with Crippen molar-refractivity contribution in [2.45, 2.75) is 0 Å². The first-order chi connectivity index (χ1) is 1.73. The topological polar surface area (TPSA) is 63.2 Å². The van der Waals surface area contributed by atoms with Crippen LogP contribution in [0.3, 0.4) is 0 Å². The van der Waals surface area contributed by atoms with E-state index in [2.05, 4.69) is 0 Å². The molecule has 0 fully saturated rings. The Morgan fingerprint density at radius 3 is 1.17 bits per heavy atom. The minimum Gasteiger partial charge on any atom is 1.00 e. The molecule has 0 N–H and O–H groups in total. The van der Waals surface area contributed by atoms with E-state index in [-0.39, 0.29) is 54.6 Å². The summed E-state index contributed by atoms with van der Waals surface area (Å²) in [6, 6.07) is 0. The summed E-state index contributed by atoms with van der Waals surface area (Å²) in [5.74, 6) is 0. The third kappa shape index (κ3) is 41.5. The third-order valence-electron chi connectivity index (χ3n) is 0. The van der Waals surface area contributed by atoms with Gasteiger partial charge in [-0.1, -0.05) is 0 Å². The molecule has 0 unspecified atom stereocenters. The molecule has 0 atom stereocenters. The van der Waals surface area contributed by atoms with E-state index in [0.717, 1.165) is 0 Å². The molecule has 0 aromatic carbocycles. The van der Waals surface area contributed by atoms with Gasteiger partial charge in [-0.05, 0) is 0 Å². The SMILES string of the molecule is [O]=[Ge]([O-])[O-].[Tl+].[Tl+]. The average Bonchev–Trinajstić information content (AvgIpc) is 0.811. The maximum absolute atomic E-state index is 8.58. The molecule has 6 heavy (non-hydrogen) atoms. The first-order valence-corrected chi connectivity index (χ1v) is 3.18. The normalized spacial score (nSPS) is 4.00. The van der Waals surface area contributed by atoms with Crippen molar-refractivity contribution in [3.05, 3.63) is 0 Å². The number of rotatable bonds is 0. The quantitative estimate of drug-likeness (QED) is 0.305. The predicted molar refractivity (Wildman–Crippen MR) is 17.9 cm³/mol. The smallest absolute Gasteiger partial charge is 1.00 e. The summed E-state index contributed by atoms with van der Waals surface area (Å²) in [5, 5.41) is 0. The van der Waals surface area contributed by atoms with Gasteiger partial charge < -0.3 is 0 Å². The van der Waals surface area contributed by atoms with Crippen molar-refractivity contribution in [2.24, 2.45) is 0 Å². The van der Waals surface area contributed by atoms with E-state index in [0.29, 0.717) is 0 Å². The minimum absolute atomic E-state index is 0. The van der Waals surface area contributed by atoms with Crippen molar-refractivity contribution in [3.8, 4) is 0 Å². The van der Waals surface area contributed by atoms with Gasteiger partial charge in [0.15, 0.2) is 0 Å². The Hall–Kier alpha value is 1.79. The van der Waals surface area contributed by atoms with Crippen LogP contribution in [0.4, 0.5) is 0 Å². The molecule has 6 heteroatoms. The van der Waals surface area contributed by atoms with Crippen LogP contribution in [0.1, 0.15) is 0 Å². The summed E-state index contributed by atoms with van der Waals surface area (Å²) in [6.07, 6.45) is 0. The summed E-state index contributed by atoms with van der Waals surface area (Å²) in [4.78, 5) is 0. The van der Waals surface area contributed by atoms with Gasteiger partial charge in [0.05, 0.1) is 0 Å². The second-order valence-corrected chi connectivity index (χ2v) is 1.30. The molecular formula is GeO3Tl2. The molecule has 3 nitrogen and oxygen atoms in total. The fourth-order valence-corrected chi connectivity index (χ4v) is 0. The zero-order valence-electron chi connectivity index (χ0n) is 2.88. The van der Waals surface area contributed by atoms with Crippen LogP contribution in [-0.4, -0.2) is 69.6 Å². The summed E-state index contributed by atoms with van der Waals surface area (Å²) in [7, 11) is 0. The molecular weight excluding hydrogens is 529 g/mol. The van der Waals surface area contributed by atoms with Gasteiger partial charge in [-0.3, -0.25) is 0 Å². The van der Waals surface area contributed by atoms with Crippen molar-refractivity contribution in [3.63, 3.8) is 0 Å². The first-order valence-electron chi connectivity index (χ1n) is 0.612. The minimum atomic E-state index is -4.08. The molecule has 0 heterocycles. The van der Waals surface area contributed by atoms with Crippen molar-refractivity contribution >= 4 is 69.6 Å². The Morgan fingerprint density at radius 1 is 1.17 bits per heavy atom. The Kier molecular flexibility index (Phi) is 25.9. The largest absolute Gasteiger partial charge is 1.00 e. The van der Waals surface area contributed by atoms with Crippen LogP contribution in [0, 0.1) is 0 Å². The molecule has 0 aromatic heterocycles. The van der Waals surface area contributed by atoms with E-state index in [4.69, 9.17) is 12.0 Å². The monoisotopic (exact) mass is 532 g/mol. The molecule has 0 aliphatic carbocycles. The fourth-order valence-electron chi connectivity index (χ4n) is 0. The van der Waals surface area contributed by atoms with Gasteiger partial charge in [-0.25, -0.2) is 0 Å². The maximum atomic E-state index is 8.58. The molecule has 0 rings (SSSR count). The van der Waals surface area contributed by atoms with Crippen LogP contribution >= 0.6 is 0 Å². The summed E-state index contributed by atoms with van der Waals surface area (Å²) in [6.45, 7) is 0. The molecule has 28 valence electrons. The van der Waals surface area contributed by atoms with Crippen molar-refractivity contribution < 1.29 is 12.0 Å². The van der Waals surface area contributed by atoms with E-state index in [1.807, 2.05) is 0 Å². The van der Waals surface area contributed by atoms with Crippen molar-refractivity contribution in [1.29, 1.82) is 0 Å². The Balaban J connectivity index is -0.0000000450. The summed E-state index contributed by atoms with van der Waals surface area (Å²) >= 11 is -4.08. The zero-order valence-corrected chi connectivity index (χ0v) is 14.0. The molecule has 0 aliphatic heterocycles. The molecule has 0 bridgehead atoms. The van der Waals surface area contributed by atoms with E-state index < -0.39 is 15.0 Å². The standard InChI is InChI=1S/GeO3.2Tl/c2-1(3)4;;/q-2;2*+1. The second kappa shape index (κ2) is 9.92. The van der Waals surface area contributed by atoms with E-state index >= 15 is 0 Å². The summed E-state index contributed by atoms with van der Waals surface area (Å²) in [5.41, 5.74) is 0. The van der Waals surface area contributed by atoms with Gasteiger partial charge in [0, 0.05) is 0 Å². The number of hydrogen-bond acceptors (Lipinski definition) is 3. The van der Waals surface area contributed by atoms with Crippen LogP contribution in [0.5, 0.6) is 0 Å². The first kappa shape index (κ1) is 15.7. The molecule has 0 aliphatic rings. The molecule has 0 radical (unpaired) electrons. The Morgan fingerprint density at radius 2 is 1.17 bits per heavy atom. The van der Waals surface area contributed by atoms with Gasteiger partial charge in [-0.2, -0.15) is 0 Å². The molecule has 0 saturated heterocycles. The molecule has 0 spiro atoms. The van der Waals surface area contributed by atoms with Crippen LogP contribution in [0.2, 0.25) is 0 Å². The maximum Gasteiger partial charge on any atom is 1.00 e. The third-order valence-corrected chi connectivity index (χ3v) is 0. The Labute approximate surface area is 80.5 Å². The van der Waals surface area contributed by atoms with Crippen LogP contribution < -0.4 is 8.27 Å². The molecule has 0 amide bonds. The van der Waals surface area contributed by atoms with Crippen LogP contribution in [-0.2, 0) is 3.78 Å². The summed E-state index contributed by atoms with van der Waals surface area (Å²) < 4.78 is 25.8. The van der Waals surface area contributed by atoms with Crippen molar-refractivity contribution in [1.82, 2.24) is 0 Å². The Bertz CT molecular complexity index is 31.8. The van der Waals surface area contributed by atoms with Crippen molar-refractivity contribution in [2.75, 3.05) is 0 Å². The second-order valence-electron chi connectivity index (χ2n) is 0.250. The number of hydrogen-bond donors (Lipinski definition) is 0. The van der Waals surface area contributed by atoms with Gasteiger partial charge in [-0.15, -0.1) is 0 Å². The molecule has 0 saturated carbocycles. The van der Waals surface area contributed by atoms with E-state index in [9.17, 15) is 0 Å². The zero-order chi connectivity index (χ0) is 3.58. The average molecular weight is 529 g/mol. The van der Waals surface area contributed by atoms with Crippen LogP contribution in [0.25, 0.3) is 0 Å². The van der Waals surface area contributed by atoms with E-state index in [1.165, 1.54) is 0 Å².